The van der Waals surface area contributed by atoms with Gasteiger partial charge in [-0.25, -0.2) is 0 Å². The Morgan fingerprint density at radius 3 is 2.42 bits per heavy atom. The Morgan fingerprint density at radius 2 is 2.17 bits per heavy atom. The van der Waals surface area contributed by atoms with E-state index in [0.717, 1.165) is 12.3 Å². The van der Waals surface area contributed by atoms with E-state index in [2.05, 4.69) is 5.32 Å². The molecule has 3 aliphatic rings. The van der Waals surface area contributed by atoms with Crippen LogP contribution in [0.1, 0.15) is 32.6 Å². The summed E-state index contributed by atoms with van der Waals surface area (Å²) < 4.78 is 0. The van der Waals surface area contributed by atoms with Gasteiger partial charge in [-0.15, -0.1) is 0 Å². The van der Waals surface area contributed by atoms with Crippen molar-refractivity contribution in [2.75, 3.05) is 7.05 Å². The Labute approximate surface area is 73.7 Å². The van der Waals surface area contributed by atoms with Gasteiger partial charge in [0.2, 0.25) is 0 Å². The van der Waals surface area contributed by atoms with E-state index in [4.69, 9.17) is 0 Å². The predicted octanol–water partition coefficient (Wildman–Crippen LogP) is 1.35. The molecular formula is C10H17NO. The van der Waals surface area contributed by atoms with E-state index in [1.807, 2.05) is 7.05 Å². The molecule has 0 aromatic carbocycles. The second-order valence-electron chi connectivity index (χ2n) is 4.63. The maximum absolute atomic E-state index is 11.1. The second-order valence-corrected chi connectivity index (χ2v) is 4.63. The van der Waals surface area contributed by atoms with Crippen molar-refractivity contribution in [1.82, 2.24) is 5.32 Å². The van der Waals surface area contributed by atoms with E-state index in [1.54, 1.807) is 6.92 Å². The lowest BCUT2D eigenvalue weighted by molar-refractivity contribution is -0.133. The molecule has 68 valence electrons. The third-order valence-corrected chi connectivity index (χ3v) is 3.64. The maximum Gasteiger partial charge on any atom is 0.146 e. The summed E-state index contributed by atoms with van der Waals surface area (Å²) in [5.74, 6) is 1.32. The van der Waals surface area contributed by atoms with Crippen molar-refractivity contribution < 1.29 is 4.79 Å². The van der Waals surface area contributed by atoms with E-state index in [9.17, 15) is 4.79 Å². The van der Waals surface area contributed by atoms with Crippen LogP contribution in [0.3, 0.4) is 0 Å². The number of rotatable bonds is 4. The highest BCUT2D eigenvalue weighted by atomic mass is 16.1. The molecule has 1 atom stereocenters. The zero-order valence-corrected chi connectivity index (χ0v) is 7.89. The third-order valence-electron chi connectivity index (χ3n) is 3.64. The van der Waals surface area contributed by atoms with E-state index in [0.29, 0.717) is 11.2 Å². The zero-order chi connectivity index (χ0) is 8.77. The van der Waals surface area contributed by atoms with Crippen molar-refractivity contribution >= 4 is 5.78 Å². The molecule has 0 spiro atoms. The summed E-state index contributed by atoms with van der Waals surface area (Å²) in [5, 5.41) is 3.10. The smallest absolute Gasteiger partial charge is 0.146 e. The fourth-order valence-electron chi connectivity index (χ4n) is 2.79. The minimum Gasteiger partial charge on any atom is -0.311 e. The molecule has 12 heavy (non-hydrogen) atoms. The predicted molar refractivity (Wildman–Crippen MR) is 47.9 cm³/mol. The lowest BCUT2D eigenvalue weighted by Crippen LogP contribution is -2.55. The molecule has 2 nitrogen and oxygen atoms in total. The molecule has 2 heteroatoms. The number of hydrogen-bond donors (Lipinski definition) is 1. The molecule has 3 aliphatic carbocycles. The van der Waals surface area contributed by atoms with Crippen LogP contribution in [0.5, 0.6) is 0 Å². The maximum atomic E-state index is 11.1. The Morgan fingerprint density at radius 1 is 1.58 bits per heavy atom. The van der Waals surface area contributed by atoms with Gasteiger partial charge in [0.15, 0.2) is 0 Å². The third kappa shape index (κ3) is 1.09. The van der Waals surface area contributed by atoms with Crippen molar-refractivity contribution in [2.45, 2.75) is 38.6 Å². The second kappa shape index (κ2) is 2.56. The van der Waals surface area contributed by atoms with Crippen molar-refractivity contribution in [3.8, 4) is 0 Å². The van der Waals surface area contributed by atoms with Crippen LogP contribution >= 0.6 is 0 Å². The SMILES string of the molecule is CN[C@@H](CC12CC(C1)C2)C(C)=O. The Balaban J connectivity index is 1.87. The Hall–Kier alpha value is -0.370. The van der Waals surface area contributed by atoms with Gasteiger partial charge in [0.25, 0.3) is 0 Å². The van der Waals surface area contributed by atoms with Crippen molar-refractivity contribution in [3.05, 3.63) is 0 Å². The summed E-state index contributed by atoms with van der Waals surface area (Å²) in [4.78, 5) is 11.1. The Kier molecular flexibility index (Phi) is 1.76. The summed E-state index contributed by atoms with van der Waals surface area (Å²) in [6.07, 6.45) is 5.24. The summed E-state index contributed by atoms with van der Waals surface area (Å²) in [5.41, 5.74) is 0.587. The number of carbonyl (C=O) groups is 1. The number of ketones is 1. The van der Waals surface area contributed by atoms with Crippen molar-refractivity contribution in [3.63, 3.8) is 0 Å². The monoisotopic (exact) mass is 167 g/mol. The molecule has 0 heterocycles. The van der Waals surface area contributed by atoms with Crippen LogP contribution in [0.4, 0.5) is 0 Å². The van der Waals surface area contributed by atoms with Crippen LogP contribution in [0.25, 0.3) is 0 Å². The van der Waals surface area contributed by atoms with Gasteiger partial charge in [0.05, 0.1) is 6.04 Å². The summed E-state index contributed by atoms with van der Waals surface area (Å²) in [6.45, 7) is 1.69. The van der Waals surface area contributed by atoms with E-state index >= 15 is 0 Å². The Bertz CT molecular complexity index is 195. The lowest BCUT2D eigenvalue weighted by atomic mass is 9.43. The molecule has 0 unspecified atom stereocenters. The molecule has 0 aliphatic heterocycles. The molecule has 2 bridgehead atoms. The number of Topliss-reactive ketones (excluding diaryl/α,β-unsaturated/α-hetero) is 1. The minimum absolute atomic E-state index is 0.117. The molecule has 0 amide bonds. The average Bonchev–Trinajstić information content (AvgIpc) is 1.82. The number of nitrogens with one attached hydrogen (secondary N) is 1. The molecule has 3 fully saturated rings. The fourth-order valence-corrected chi connectivity index (χ4v) is 2.79. The first kappa shape index (κ1) is 8.24. The first-order valence-electron chi connectivity index (χ1n) is 4.83. The van der Waals surface area contributed by atoms with E-state index < -0.39 is 0 Å². The van der Waals surface area contributed by atoms with Crippen molar-refractivity contribution in [2.24, 2.45) is 11.3 Å². The summed E-state index contributed by atoms with van der Waals surface area (Å²) in [7, 11) is 1.89. The van der Waals surface area contributed by atoms with Crippen LogP contribution in [-0.4, -0.2) is 18.9 Å². The van der Waals surface area contributed by atoms with E-state index in [-0.39, 0.29) is 6.04 Å². The summed E-state index contributed by atoms with van der Waals surface area (Å²) in [6, 6.07) is 0.117. The molecule has 3 rings (SSSR count). The van der Waals surface area contributed by atoms with Crippen LogP contribution in [0.15, 0.2) is 0 Å². The van der Waals surface area contributed by atoms with Gasteiger partial charge >= 0.3 is 0 Å². The van der Waals surface area contributed by atoms with Crippen LogP contribution in [0.2, 0.25) is 0 Å². The lowest BCUT2D eigenvalue weighted by Gasteiger charge is -2.63. The topological polar surface area (TPSA) is 29.1 Å². The van der Waals surface area contributed by atoms with Gasteiger partial charge in [-0.2, -0.15) is 0 Å². The molecule has 3 saturated carbocycles. The van der Waals surface area contributed by atoms with Crippen LogP contribution in [-0.2, 0) is 4.79 Å². The molecule has 1 N–H and O–H groups in total. The minimum atomic E-state index is 0.117. The molecule has 0 radical (unpaired) electrons. The van der Waals surface area contributed by atoms with Gasteiger partial charge in [-0.1, -0.05) is 0 Å². The summed E-state index contributed by atoms with van der Waals surface area (Å²) >= 11 is 0. The fraction of sp³-hybridized carbons (Fsp3) is 0.900. The number of likely N-dealkylation sites (N-methyl/N-ethyl adjacent to an activating group) is 1. The normalized spacial score (nSPS) is 39.7. The van der Waals surface area contributed by atoms with Gasteiger partial charge < -0.3 is 5.32 Å². The van der Waals surface area contributed by atoms with Crippen LogP contribution in [0, 0.1) is 11.3 Å². The number of hydrogen-bond acceptors (Lipinski definition) is 2. The van der Waals surface area contributed by atoms with Gasteiger partial charge in [0, 0.05) is 0 Å². The first-order chi connectivity index (χ1) is 5.65. The molecule has 0 saturated heterocycles. The zero-order valence-electron chi connectivity index (χ0n) is 7.89. The first-order valence-corrected chi connectivity index (χ1v) is 4.83. The van der Waals surface area contributed by atoms with Gasteiger partial charge in [0.1, 0.15) is 5.78 Å². The van der Waals surface area contributed by atoms with Gasteiger partial charge in [-0.3, -0.25) is 4.79 Å². The molecule has 0 aromatic heterocycles. The molecule has 0 aromatic rings. The number of carbonyl (C=O) groups excluding carboxylic acids is 1. The highest BCUT2D eigenvalue weighted by Crippen LogP contribution is 2.66. The van der Waals surface area contributed by atoms with E-state index in [1.165, 1.54) is 19.3 Å². The standard InChI is InChI=1S/C10H17NO/c1-7(12)9(11-2)6-10-3-8(4-10)5-10/h8-9,11H,3-6H2,1-2H3/t8?,9-,10?/m0/s1. The highest BCUT2D eigenvalue weighted by molar-refractivity contribution is 5.81. The largest absolute Gasteiger partial charge is 0.311 e. The van der Waals surface area contributed by atoms with Crippen LogP contribution < -0.4 is 5.32 Å². The molecular weight excluding hydrogens is 150 g/mol. The van der Waals surface area contributed by atoms with Gasteiger partial charge in [-0.05, 0) is 51.0 Å². The quantitative estimate of drug-likeness (QED) is 0.685. The highest BCUT2D eigenvalue weighted by Gasteiger charge is 2.56. The van der Waals surface area contributed by atoms with Crippen molar-refractivity contribution in [1.29, 1.82) is 0 Å². The average molecular weight is 167 g/mol.